The predicted octanol–water partition coefficient (Wildman–Crippen LogP) is 2.09. The Morgan fingerprint density at radius 3 is 3.08 bits per heavy atom. The molecule has 1 N–H and O–H groups in total. The number of halogens is 1. The van der Waals surface area contributed by atoms with Crippen LogP contribution in [0.1, 0.15) is 5.56 Å². The van der Waals surface area contributed by atoms with Gasteiger partial charge < -0.3 is 10.1 Å². The van der Waals surface area contributed by atoms with Gasteiger partial charge in [0.05, 0.1) is 13.2 Å². The van der Waals surface area contributed by atoms with E-state index in [1.807, 2.05) is 0 Å². The van der Waals surface area contributed by atoms with Gasteiger partial charge in [0.1, 0.15) is 0 Å². The van der Waals surface area contributed by atoms with Gasteiger partial charge in [-0.3, -0.25) is 0 Å². The number of rotatable bonds is 7. The standard InChI is InChI=1S/C9H14ClNOS/c10-2-4-12-5-3-11-7-9-1-6-13-8-9/h1,6,8,11H,2-5,7H2. The zero-order chi connectivity index (χ0) is 9.36. The molecule has 74 valence electrons. The molecule has 1 aromatic heterocycles. The van der Waals surface area contributed by atoms with E-state index in [-0.39, 0.29) is 0 Å². The fourth-order valence-corrected chi connectivity index (χ4v) is 1.70. The molecule has 0 saturated heterocycles. The normalized spacial score (nSPS) is 10.5. The van der Waals surface area contributed by atoms with Crippen LogP contribution in [0.4, 0.5) is 0 Å². The molecule has 0 amide bonds. The molecular formula is C9H14ClNOS. The van der Waals surface area contributed by atoms with Crippen LogP contribution in [0.5, 0.6) is 0 Å². The summed E-state index contributed by atoms with van der Waals surface area (Å²) in [6.07, 6.45) is 0. The summed E-state index contributed by atoms with van der Waals surface area (Å²) in [6, 6.07) is 2.12. The minimum atomic E-state index is 0.574. The molecule has 13 heavy (non-hydrogen) atoms. The molecule has 0 fully saturated rings. The van der Waals surface area contributed by atoms with Crippen LogP contribution < -0.4 is 5.32 Å². The molecule has 1 heterocycles. The maximum atomic E-state index is 5.45. The van der Waals surface area contributed by atoms with Crippen LogP contribution in [-0.4, -0.2) is 25.6 Å². The third-order valence-corrected chi connectivity index (χ3v) is 2.44. The van der Waals surface area contributed by atoms with E-state index in [1.54, 1.807) is 11.3 Å². The topological polar surface area (TPSA) is 21.3 Å². The Kier molecular flexibility index (Phi) is 6.19. The van der Waals surface area contributed by atoms with E-state index in [9.17, 15) is 0 Å². The smallest absolute Gasteiger partial charge is 0.0602 e. The highest BCUT2D eigenvalue weighted by Gasteiger charge is 1.91. The van der Waals surface area contributed by atoms with Gasteiger partial charge in [0.15, 0.2) is 0 Å². The summed E-state index contributed by atoms with van der Waals surface area (Å²) in [5.41, 5.74) is 1.34. The highest BCUT2D eigenvalue weighted by Crippen LogP contribution is 2.04. The summed E-state index contributed by atoms with van der Waals surface area (Å²) in [6.45, 7) is 3.18. The molecule has 0 aliphatic heterocycles. The fraction of sp³-hybridized carbons (Fsp3) is 0.556. The highest BCUT2D eigenvalue weighted by molar-refractivity contribution is 7.07. The predicted molar refractivity (Wildman–Crippen MR) is 57.6 cm³/mol. The van der Waals surface area contributed by atoms with E-state index < -0.39 is 0 Å². The van der Waals surface area contributed by atoms with E-state index in [2.05, 4.69) is 22.1 Å². The van der Waals surface area contributed by atoms with Gasteiger partial charge >= 0.3 is 0 Å². The van der Waals surface area contributed by atoms with E-state index >= 15 is 0 Å². The second-order valence-electron chi connectivity index (χ2n) is 2.61. The van der Waals surface area contributed by atoms with Crippen molar-refractivity contribution in [1.29, 1.82) is 0 Å². The highest BCUT2D eigenvalue weighted by atomic mass is 35.5. The van der Waals surface area contributed by atoms with Crippen LogP contribution >= 0.6 is 22.9 Å². The molecule has 0 bridgehead atoms. The Morgan fingerprint density at radius 2 is 2.38 bits per heavy atom. The SMILES string of the molecule is ClCCOCCNCc1ccsc1. The zero-order valence-electron chi connectivity index (χ0n) is 7.46. The lowest BCUT2D eigenvalue weighted by molar-refractivity contribution is 0.151. The minimum absolute atomic E-state index is 0.574. The van der Waals surface area contributed by atoms with Crippen LogP contribution in [0.25, 0.3) is 0 Å². The van der Waals surface area contributed by atoms with Gasteiger partial charge in [-0.25, -0.2) is 0 Å². The molecule has 0 saturated carbocycles. The lowest BCUT2D eigenvalue weighted by Crippen LogP contribution is -2.19. The molecule has 0 radical (unpaired) electrons. The first kappa shape index (κ1) is 11.0. The monoisotopic (exact) mass is 219 g/mol. The number of ether oxygens (including phenoxy) is 1. The molecule has 2 nitrogen and oxygen atoms in total. The van der Waals surface area contributed by atoms with Crippen LogP contribution in [0.3, 0.4) is 0 Å². The summed E-state index contributed by atoms with van der Waals surface area (Å²) in [4.78, 5) is 0. The average molecular weight is 220 g/mol. The van der Waals surface area contributed by atoms with Crippen molar-refractivity contribution in [3.8, 4) is 0 Å². The lowest BCUT2D eigenvalue weighted by Gasteiger charge is -2.03. The average Bonchev–Trinajstić information content (AvgIpc) is 2.63. The Labute approximate surface area is 87.9 Å². The molecule has 0 atom stereocenters. The largest absolute Gasteiger partial charge is 0.379 e. The van der Waals surface area contributed by atoms with E-state index in [1.165, 1.54) is 5.56 Å². The van der Waals surface area contributed by atoms with Gasteiger partial charge in [-0.15, -0.1) is 11.6 Å². The second kappa shape index (κ2) is 7.33. The first-order chi connectivity index (χ1) is 6.43. The van der Waals surface area contributed by atoms with Crippen molar-refractivity contribution < 1.29 is 4.74 Å². The summed E-state index contributed by atoms with van der Waals surface area (Å²) in [5.74, 6) is 0.574. The Balaban J connectivity index is 1.90. The van der Waals surface area contributed by atoms with E-state index in [0.717, 1.165) is 19.7 Å². The third-order valence-electron chi connectivity index (χ3n) is 1.55. The summed E-state index contributed by atoms with van der Waals surface area (Å²) < 4.78 is 5.21. The van der Waals surface area contributed by atoms with Crippen molar-refractivity contribution in [3.05, 3.63) is 22.4 Å². The lowest BCUT2D eigenvalue weighted by atomic mass is 10.3. The number of hydrogen-bond donors (Lipinski definition) is 1. The van der Waals surface area contributed by atoms with Crippen molar-refractivity contribution in [1.82, 2.24) is 5.32 Å². The van der Waals surface area contributed by atoms with Gasteiger partial charge in [-0.05, 0) is 22.4 Å². The molecular weight excluding hydrogens is 206 g/mol. The van der Waals surface area contributed by atoms with Gasteiger partial charge in [0.25, 0.3) is 0 Å². The van der Waals surface area contributed by atoms with Gasteiger partial charge in [0, 0.05) is 19.0 Å². The number of alkyl halides is 1. The number of hydrogen-bond acceptors (Lipinski definition) is 3. The molecule has 1 rings (SSSR count). The van der Waals surface area contributed by atoms with Gasteiger partial charge in [-0.1, -0.05) is 0 Å². The maximum absolute atomic E-state index is 5.45. The van der Waals surface area contributed by atoms with E-state index in [0.29, 0.717) is 12.5 Å². The second-order valence-corrected chi connectivity index (χ2v) is 3.77. The van der Waals surface area contributed by atoms with Gasteiger partial charge in [0.2, 0.25) is 0 Å². The zero-order valence-corrected chi connectivity index (χ0v) is 9.03. The molecule has 0 aliphatic rings. The molecule has 0 spiro atoms. The Hall–Kier alpha value is -0.0900. The molecule has 0 aromatic carbocycles. The minimum Gasteiger partial charge on any atom is -0.379 e. The molecule has 4 heteroatoms. The van der Waals surface area contributed by atoms with Crippen molar-refractivity contribution in [3.63, 3.8) is 0 Å². The van der Waals surface area contributed by atoms with Gasteiger partial charge in [-0.2, -0.15) is 11.3 Å². The molecule has 1 aromatic rings. The van der Waals surface area contributed by atoms with Crippen LogP contribution in [0.15, 0.2) is 16.8 Å². The van der Waals surface area contributed by atoms with Crippen molar-refractivity contribution in [2.24, 2.45) is 0 Å². The van der Waals surface area contributed by atoms with Crippen LogP contribution in [0, 0.1) is 0 Å². The van der Waals surface area contributed by atoms with Crippen molar-refractivity contribution in [2.75, 3.05) is 25.6 Å². The first-order valence-corrected chi connectivity index (χ1v) is 5.76. The maximum Gasteiger partial charge on any atom is 0.0602 e. The van der Waals surface area contributed by atoms with E-state index in [4.69, 9.17) is 16.3 Å². The number of thiophene rings is 1. The van der Waals surface area contributed by atoms with Crippen molar-refractivity contribution >= 4 is 22.9 Å². The van der Waals surface area contributed by atoms with Crippen LogP contribution in [0.2, 0.25) is 0 Å². The van der Waals surface area contributed by atoms with Crippen molar-refractivity contribution in [2.45, 2.75) is 6.54 Å². The number of nitrogens with one attached hydrogen (secondary N) is 1. The summed E-state index contributed by atoms with van der Waals surface area (Å²) >= 11 is 7.17. The summed E-state index contributed by atoms with van der Waals surface area (Å²) in [7, 11) is 0. The first-order valence-electron chi connectivity index (χ1n) is 4.29. The third kappa shape index (κ3) is 5.26. The fourth-order valence-electron chi connectivity index (χ4n) is 0.927. The Morgan fingerprint density at radius 1 is 1.46 bits per heavy atom. The Bertz CT molecular complexity index is 203. The quantitative estimate of drug-likeness (QED) is 0.560. The summed E-state index contributed by atoms with van der Waals surface area (Å²) in [5, 5.41) is 7.52. The molecule has 0 aliphatic carbocycles. The molecule has 0 unspecified atom stereocenters. The van der Waals surface area contributed by atoms with Crippen LogP contribution in [-0.2, 0) is 11.3 Å².